The van der Waals surface area contributed by atoms with Gasteiger partial charge in [0.25, 0.3) is 0 Å². The van der Waals surface area contributed by atoms with Crippen LogP contribution in [0.5, 0.6) is 0 Å². The Bertz CT molecular complexity index is 1420. The minimum absolute atomic E-state index is 0.119. The van der Waals surface area contributed by atoms with Crippen molar-refractivity contribution in [1.82, 2.24) is 14.8 Å². The molecule has 5 aromatic rings. The first-order valence-electron chi connectivity index (χ1n) is 10.7. The van der Waals surface area contributed by atoms with E-state index in [-0.39, 0.29) is 6.61 Å². The van der Waals surface area contributed by atoms with Gasteiger partial charge in [0.1, 0.15) is 6.61 Å². The molecule has 0 atom stereocenters. The van der Waals surface area contributed by atoms with E-state index in [1.807, 2.05) is 102 Å². The standard InChI is InChI=1S/C28H21N3O2/c32-26(17-16-23-12-7-11-21-13-8-18-29-27(21)23)33-20-24-19-31(25-14-5-2-6-15-25)30-28(24)22-9-3-1-4-10-22/h1-19H,20H2. The Balaban J connectivity index is 1.37. The molecule has 0 aliphatic rings. The van der Waals surface area contributed by atoms with E-state index in [1.54, 1.807) is 12.3 Å². The predicted octanol–water partition coefficient (Wildman–Crippen LogP) is 5.84. The van der Waals surface area contributed by atoms with Crippen molar-refractivity contribution in [2.45, 2.75) is 6.61 Å². The highest BCUT2D eigenvalue weighted by Gasteiger charge is 2.13. The molecule has 0 saturated carbocycles. The number of nitrogens with zero attached hydrogens (tertiary/aromatic N) is 3. The average molecular weight is 431 g/mol. The van der Waals surface area contributed by atoms with Crippen molar-refractivity contribution in [2.24, 2.45) is 0 Å². The van der Waals surface area contributed by atoms with Gasteiger partial charge in [-0.2, -0.15) is 5.10 Å². The fraction of sp³-hybridized carbons (Fsp3) is 0.0357. The van der Waals surface area contributed by atoms with Crippen LogP contribution in [0.4, 0.5) is 0 Å². The summed E-state index contributed by atoms with van der Waals surface area (Å²) in [6.07, 6.45) is 6.83. The van der Waals surface area contributed by atoms with E-state index >= 15 is 0 Å². The summed E-state index contributed by atoms with van der Waals surface area (Å²) in [5, 5.41) is 5.78. The Hall–Kier alpha value is -4.51. The van der Waals surface area contributed by atoms with E-state index in [1.165, 1.54) is 6.08 Å². The van der Waals surface area contributed by atoms with E-state index in [0.29, 0.717) is 0 Å². The van der Waals surface area contributed by atoms with Gasteiger partial charge >= 0.3 is 5.97 Å². The van der Waals surface area contributed by atoms with Gasteiger partial charge < -0.3 is 4.74 Å². The molecular weight excluding hydrogens is 410 g/mol. The number of benzene rings is 3. The van der Waals surface area contributed by atoms with Crippen molar-refractivity contribution in [2.75, 3.05) is 0 Å². The third kappa shape index (κ3) is 4.57. The molecule has 33 heavy (non-hydrogen) atoms. The minimum atomic E-state index is -0.422. The summed E-state index contributed by atoms with van der Waals surface area (Å²) in [5.74, 6) is -0.422. The number of aromatic nitrogens is 3. The van der Waals surface area contributed by atoms with Crippen molar-refractivity contribution in [3.63, 3.8) is 0 Å². The van der Waals surface area contributed by atoms with Crippen LogP contribution in [0.25, 0.3) is 33.9 Å². The zero-order valence-corrected chi connectivity index (χ0v) is 17.8. The normalized spacial score (nSPS) is 11.2. The van der Waals surface area contributed by atoms with Crippen LogP contribution in [0.2, 0.25) is 0 Å². The molecule has 0 radical (unpaired) electrons. The molecular formula is C28H21N3O2. The average Bonchev–Trinajstić information content (AvgIpc) is 3.31. The summed E-state index contributed by atoms with van der Waals surface area (Å²) in [6.45, 7) is 0.119. The summed E-state index contributed by atoms with van der Waals surface area (Å²) in [7, 11) is 0. The highest BCUT2D eigenvalue weighted by molar-refractivity contribution is 5.92. The van der Waals surface area contributed by atoms with Crippen molar-refractivity contribution in [3.05, 3.63) is 121 Å². The molecule has 0 aliphatic carbocycles. The van der Waals surface area contributed by atoms with Crippen LogP contribution in [0.3, 0.4) is 0 Å². The van der Waals surface area contributed by atoms with Gasteiger partial charge in [0, 0.05) is 40.5 Å². The summed E-state index contributed by atoms with van der Waals surface area (Å²) >= 11 is 0. The van der Waals surface area contributed by atoms with Gasteiger partial charge in [-0.15, -0.1) is 0 Å². The second kappa shape index (κ2) is 9.32. The lowest BCUT2D eigenvalue weighted by molar-refractivity contribution is -0.138. The molecule has 2 heterocycles. The van der Waals surface area contributed by atoms with Crippen LogP contribution in [0.1, 0.15) is 11.1 Å². The molecule has 5 rings (SSSR count). The maximum Gasteiger partial charge on any atom is 0.331 e. The Morgan fingerprint density at radius 2 is 1.64 bits per heavy atom. The van der Waals surface area contributed by atoms with Crippen molar-refractivity contribution >= 4 is 22.9 Å². The molecule has 0 saturated heterocycles. The number of para-hydroxylation sites is 2. The molecule has 3 aromatic carbocycles. The van der Waals surface area contributed by atoms with E-state index in [4.69, 9.17) is 9.84 Å². The number of esters is 1. The van der Waals surface area contributed by atoms with E-state index < -0.39 is 5.97 Å². The van der Waals surface area contributed by atoms with Crippen LogP contribution < -0.4 is 0 Å². The highest BCUT2D eigenvalue weighted by Crippen LogP contribution is 2.24. The maximum absolute atomic E-state index is 12.5. The zero-order valence-electron chi connectivity index (χ0n) is 17.8. The molecule has 0 spiro atoms. The number of ether oxygens (including phenoxy) is 1. The second-order valence-corrected chi connectivity index (χ2v) is 7.51. The van der Waals surface area contributed by atoms with E-state index in [2.05, 4.69) is 4.98 Å². The van der Waals surface area contributed by atoms with Crippen molar-refractivity contribution in [3.8, 4) is 16.9 Å². The second-order valence-electron chi connectivity index (χ2n) is 7.51. The van der Waals surface area contributed by atoms with Crippen LogP contribution in [-0.4, -0.2) is 20.7 Å². The lowest BCUT2D eigenvalue weighted by Crippen LogP contribution is -2.01. The summed E-state index contributed by atoms with van der Waals surface area (Å²) in [4.78, 5) is 16.9. The molecule has 0 unspecified atom stereocenters. The van der Waals surface area contributed by atoms with Gasteiger partial charge in [-0.3, -0.25) is 4.98 Å². The highest BCUT2D eigenvalue weighted by atomic mass is 16.5. The number of carbonyl (C=O) groups is 1. The van der Waals surface area contributed by atoms with Gasteiger partial charge in [-0.25, -0.2) is 9.48 Å². The number of hydrogen-bond donors (Lipinski definition) is 0. The predicted molar refractivity (Wildman–Crippen MR) is 130 cm³/mol. The fourth-order valence-corrected chi connectivity index (χ4v) is 3.68. The number of hydrogen-bond acceptors (Lipinski definition) is 4. The number of rotatable bonds is 6. The van der Waals surface area contributed by atoms with E-state index in [0.717, 1.165) is 39.0 Å². The van der Waals surface area contributed by atoms with E-state index in [9.17, 15) is 4.79 Å². The van der Waals surface area contributed by atoms with Crippen LogP contribution in [0, 0.1) is 0 Å². The lowest BCUT2D eigenvalue weighted by Gasteiger charge is -2.04. The zero-order chi connectivity index (χ0) is 22.5. The fourth-order valence-electron chi connectivity index (χ4n) is 3.68. The number of fused-ring (bicyclic) bond motifs is 1. The van der Waals surface area contributed by atoms with Crippen molar-refractivity contribution in [1.29, 1.82) is 0 Å². The third-order valence-corrected chi connectivity index (χ3v) is 5.29. The largest absolute Gasteiger partial charge is 0.458 e. The van der Waals surface area contributed by atoms with Crippen LogP contribution >= 0.6 is 0 Å². The number of pyridine rings is 1. The molecule has 0 bridgehead atoms. The Morgan fingerprint density at radius 3 is 2.45 bits per heavy atom. The summed E-state index contributed by atoms with van der Waals surface area (Å²) in [5.41, 5.74) is 5.24. The summed E-state index contributed by atoms with van der Waals surface area (Å²) < 4.78 is 7.38. The van der Waals surface area contributed by atoms with Crippen LogP contribution in [0.15, 0.2) is 109 Å². The molecule has 0 aliphatic heterocycles. The first-order valence-corrected chi connectivity index (χ1v) is 10.7. The molecule has 2 aromatic heterocycles. The minimum Gasteiger partial charge on any atom is -0.458 e. The molecule has 0 amide bonds. The quantitative estimate of drug-likeness (QED) is 0.250. The SMILES string of the molecule is O=C(C=Cc1cccc2cccnc12)OCc1cn(-c2ccccc2)nc1-c1ccccc1. The third-order valence-electron chi connectivity index (χ3n) is 5.29. The van der Waals surface area contributed by atoms with Crippen molar-refractivity contribution < 1.29 is 9.53 Å². The molecule has 5 nitrogen and oxygen atoms in total. The molecule has 0 N–H and O–H groups in total. The van der Waals surface area contributed by atoms with Crippen LogP contribution in [-0.2, 0) is 16.1 Å². The summed E-state index contributed by atoms with van der Waals surface area (Å²) in [6, 6.07) is 29.5. The first kappa shape index (κ1) is 20.4. The monoisotopic (exact) mass is 431 g/mol. The maximum atomic E-state index is 12.5. The smallest absolute Gasteiger partial charge is 0.331 e. The first-order chi connectivity index (χ1) is 16.3. The Morgan fingerprint density at radius 1 is 0.879 bits per heavy atom. The van der Waals surface area contributed by atoms with Gasteiger partial charge in [-0.05, 0) is 24.3 Å². The molecule has 5 heteroatoms. The lowest BCUT2D eigenvalue weighted by atomic mass is 10.1. The molecule has 0 fully saturated rings. The van der Waals surface area contributed by atoms with Gasteiger partial charge in [0.15, 0.2) is 0 Å². The van der Waals surface area contributed by atoms with Gasteiger partial charge in [-0.1, -0.05) is 72.8 Å². The molecule has 160 valence electrons. The Labute approximate surface area is 191 Å². The van der Waals surface area contributed by atoms with Gasteiger partial charge in [0.2, 0.25) is 0 Å². The Kier molecular flexibility index (Phi) is 5.76. The van der Waals surface area contributed by atoms with Gasteiger partial charge in [0.05, 0.1) is 16.9 Å². The number of carbonyl (C=O) groups excluding carboxylic acids is 1. The topological polar surface area (TPSA) is 57.0 Å².